The first-order chi connectivity index (χ1) is 9.99. The number of benzene rings is 1. The van der Waals surface area contributed by atoms with Crippen LogP contribution in [0.2, 0.25) is 0 Å². The van der Waals surface area contributed by atoms with Crippen molar-refractivity contribution in [1.82, 2.24) is 4.90 Å². The Balaban J connectivity index is 2.07. The third kappa shape index (κ3) is 3.71. The third-order valence-corrected chi connectivity index (χ3v) is 3.81. The Morgan fingerprint density at radius 1 is 1.43 bits per heavy atom. The highest BCUT2D eigenvalue weighted by molar-refractivity contribution is 5.97. The number of rotatable bonds is 4. The summed E-state index contributed by atoms with van der Waals surface area (Å²) in [6, 6.07) is 3.81. The number of nitrogens with zero attached hydrogens (tertiary/aromatic N) is 1. The molecule has 2 rings (SSSR count). The summed E-state index contributed by atoms with van der Waals surface area (Å²) in [4.78, 5) is 24.7. The summed E-state index contributed by atoms with van der Waals surface area (Å²) in [6.07, 6.45) is 2.63. The van der Waals surface area contributed by atoms with Crippen molar-refractivity contribution in [2.45, 2.75) is 25.7 Å². The molecule has 1 saturated heterocycles. The van der Waals surface area contributed by atoms with Crippen LogP contribution in [0.4, 0.5) is 4.39 Å². The van der Waals surface area contributed by atoms with E-state index in [0.717, 1.165) is 18.9 Å². The molecule has 1 aliphatic heterocycles. The SMILES string of the molecule is NC(=O)CC[C@H]1CCCN(C(=O)c2c(O)cccc2F)C1. The minimum absolute atomic E-state index is 0.184. The average molecular weight is 294 g/mol. The molecule has 21 heavy (non-hydrogen) atoms. The fourth-order valence-corrected chi connectivity index (χ4v) is 2.71. The molecule has 0 radical (unpaired) electrons. The zero-order chi connectivity index (χ0) is 15.4. The number of carbonyl (C=O) groups excluding carboxylic acids is 2. The Morgan fingerprint density at radius 2 is 2.19 bits per heavy atom. The van der Waals surface area contributed by atoms with Gasteiger partial charge < -0.3 is 15.7 Å². The van der Waals surface area contributed by atoms with Crippen LogP contribution >= 0.6 is 0 Å². The van der Waals surface area contributed by atoms with Crippen molar-refractivity contribution in [3.05, 3.63) is 29.6 Å². The second-order valence-electron chi connectivity index (χ2n) is 5.40. The number of halogens is 1. The van der Waals surface area contributed by atoms with E-state index in [1.807, 2.05) is 0 Å². The fraction of sp³-hybridized carbons (Fsp3) is 0.467. The monoisotopic (exact) mass is 294 g/mol. The van der Waals surface area contributed by atoms with Gasteiger partial charge in [-0.25, -0.2) is 4.39 Å². The van der Waals surface area contributed by atoms with Crippen LogP contribution in [-0.2, 0) is 4.79 Å². The topological polar surface area (TPSA) is 83.6 Å². The van der Waals surface area contributed by atoms with E-state index in [0.29, 0.717) is 19.5 Å². The molecule has 6 heteroatoms. The number of primary amides is 1. The van der Waals surface area contributed by atoms with Crippen LogP contribution in [0, 0.1) is 11.7 Å². The zero-order valence-corrected chi connectivity index (χ0v) is 11.7. The Hall–Kier alpha value is -2.11. The van der Waals surface area contributed by atoms with Crippen LogP contribution in [-0.4, -0.2) is 34.9 Å². The Labute approximate surface area is 122 Å². The van der Waals surface area contributed by atoms with Crippen LogP contribution in [0.3, 0.4) is 0 Å². The molecular weight excluding hydrogens is 275 g/mol. The third-order valence-electron chi connectivity index (χ3n) is 3.81. The lowest BCUT2D eigenvalue weighted by atomic mass is 9.93. The molecule has 0 spiro atoms. The van der Waals surface area contributed by atoms with E-state index in [1.165, 1.54) is 17.0 Å². The number of piperidine rings is 1. The molecule has 0 unspecified atom stereocenters. The largest absolute Gasteiger partial charge is 0.507 e. The Morgan fingerprint density at radius 3 is 2.86 bits per heavy atom. The summed E-state index contributed by atoms with van der Waals surface area (Å²) in [7, 11) is 0. The zero-order valence-electron chi connectivity index (χ0n) is 11.7. The molecule has 5 nitrogen and oxygen atoms in total. The number of phenolic OH excluding ortho intramolecular Hbond substituents is 1. The first-order valence-electron chi connectivity index (χ1n) is 7.04. The van der Waals surface area contributed by atoms with Crippen LogP contribution in [0.25, 0.3) is 0 Å². The number of phenols is 1. The minimum Gasteiger partial charge on any atom is -0.507 e. The molecular formula is C15H19FN2O3. The number of hydrogen-bond acceptors (Lipinski definition) is 3. The van der Waals surface area contributed by atoms with Gasteiger partial charge in [0, 0.05) is 19.5 Å². The highest BCUT2D eigenvalue weighted by atomic mass is 19.1. The van der Waals surface area contributed by atoms with Crippen LogP contribution in [0.5, 0.6) is 5.75 Å². The lowest BCUT2D eigenvalue weighted by Gasteiger charge is -2.33. The lowest BCUT2D eigenvalue weighted by molar-refractivity contribution is -0.118. The summed E-state index contributed by atoms with van der Waals surface area (Å²) in [5.41, 5.74) is 4.85. The predicted octanol–water partition coefficient (Wildman–Crippen LogP) is 1.65. The molecule has 1 atom stereocenters. The van der Waals surface area contributed by atoms with Crippen LogP contribution < -0.4 is 5.73 Å². The van der Waals surface area contributed by atoms with Crippen molar-refractivity contribution in [2.75, 3.05) is 13.1 Å². The summed E-state index contributed by atoms with van der Waals surface area (Å²) < 4.78 is 13.7. The number of hydrogen-bond donors (Lipinski definition) is 2. The van der Waals surface area contributed by atoms with E-state index in [-0.39, 0.29) is 29.6 Å². The van der Waals surface area contributed by atoms with Gasteiger partial charge in [0.05, 0.1) is 0 Å². The smallest absolute Gasteiger partial charge is 0.260 e. The van der Waals surface area contributed by atoms with Gasteiger partial charge in [0.2, 0.25) is 5.91 Å². The van der Waals surface area contributed by atoms with Crippen LogP contribution in [0.15, 0.2) is 18.2 Å². The molecule has 2 amide bonds. The van der Waals surface area contributed by atoms with Gasteiger partial charge in [0.1, 0.15) is 17.1 Å². The van der Waals surface area contributed by atoms with Crippen LogP contribution in [0.1, 0.15) is 36.0 Å². The molecule has 114 valence electrons. The minimum atomic E-state index is -0.723. The summed E-state index contributed by atoms with van der Waals surface area (Å²) >= 11 is 0. The first-order valence-corrected chi connectivity index (χ1v) is 7.04. The van der Waals surface area contributed by atoms with Crippen molar-refractivity contribution in [3.63, 3.8) is 0 Å². The number of likely N-dealkylation sites (tertiary alicyclic amines) is 1. The Kier molecular flexibility index (Phi) is 4.77. The number of aromatic hydroxyl groups is 1. The van der Waals surface area contributed by atoms with E-state index >= 15 is 0 Å². The summed E-state index contributed by atoms with van der Waals surface area (Å²) in [5, 5.41) is 9.69. The quantitative estimate of drug-likeness (QED) is 0.885. The number of amides is 2. The van der Waals surface area contributed by atoms with Gasteiger partial charge in [-0.15, -0.1) is 0 Å². The molecule has 3 N–H and O–H groups in total. The summed E-state index contributed by atoms with van der Waals surface area (Å²) in [6.45, 7) is 0.986. The van der Waals surface area contributed by atoms with E-state index < -0.39 is 11.7 Å². The molecule has 0 saturated carbocycles. The molecule has 1 heterocycles. The number of carbonyl (C=O) groups is 2. The normalized spacial score (nSPS) is 18.5. The number of nitrogens with two attached hydrogens (primary N) is 1. The molecule has 1 fully saturated rings. The van der Waals surface area contributed by atoms with Crippen molar-refractivity contribution < 1.29 is 19.1 Å². The average Bonchev–Trinajstić information content (AvgIpc) is 2.45. The lowest BCUT2D eigenvalue weighted by Crippen LogP contribution is -2.40. The fourth-order valence-electron chi connectivity index (χ4n) is 2.71. The van der Waals surface area contributed by atoms with E-state index in [9.17, 15) is 19.1 Å². The highest BCUT2D eigenvalue weighted by Crippen LogP contribution is 2.26. The van der Waals surface area contributed by atoms with Gasteiger partial charge in [-0.05, 0) is 37.3 Å². The molecule has 0 aliphatic carbocycles. The van der Waals surface area contributed by atoms with Gasteiger partial charge in [-0.3, -0.25) is 9.59 Å². The van der Waals surface area contributed by atoms with Gasteiger partial charge in [-0.1, -0.05) is 6.07 Å². The van der Waals surface area contributed by atoms with Gasteiger partial charge in [0.25, 0.3) is 5.91 Å². The van der Waals surface area contributed by atoms with Gasteiger partial charge in [-0.2, -0.15) is 0 Å². The van der Waals surface area contributed by atoms with Crippen molar-refractivity contribution in [2.24, 2.45) is 11.7 Å². The van der Waals surface area contributed by atoms with Crippen molar-refractivity contribution in [3.8, 4) is 5.75 Å². The molecule has 1 aromatic carbocycles. The maximum absolute atomic E-state index is 13.7. The standard InChI is InChI=1S/C15H19FN2O3/c16-11-4-1-5-12(19)14(11)15(21)18-8-2-3-10(9-18)6-7-13(17)20/h1,4-5,10,19H,2-3,6-9H2,(H2,17,20)/t10-/m1/s1. The predicted molar refractivity (Wildman–Crippen MR) is 75.1 cm³/mol. The second kappa shape index (κ2) is 6.56. The highest BCUT2D eigenvalue weighted by Gasteiger charge is 2.27. The van der Waals surface area contributed by atoms with Crippen molar-refractivity contribution in [1.29, 1.82) is 0 Å². The summed E-state index contributed by atoms with van der Waals surface area (Å²) in [5.74, 6) is -1.75. The van der Waals surface area contributed by atoms with Gasteiger partial charge >= 0.3 is 0 Å². The second-order valence-corrected chi connectivity index (χ2v) is 5.40. The van der Waals surface area contributed by atoms with E-state index in [4.69, 9.17) is 5.73 Å². The van der Waals surface area contributed by atoms with E-state index in [2.05, 4.69) is 0 Å². The maximum atomic E-state index is 13.7. The molecule has 1 aliphatic rings. The first kappa shape index (κ1) is 15.3. The molecule has 0 bridgehead atoms. The molecule has 1 aromatic rings. The maximum Gasteiger partial charge on any atom is 0.260 e. The Bertz CT molecular complexity index is 527. The van der Waals surface area contributed by atoms with Gasteiger partial charge in [0.15, 0.2) is 0 Å². The van der Waals surface area contributed by atoms with Crippen molar-refractivity contribution >= 4 is 11.8 Å². The van der Waals surface area contributed by atoms with E-state index in [1.54, 1.807) is 0 Å². The molecule has 0 aromatic heterocycles.